The molecule has 0 bridgehead atoms. The summed E-state index contributed by atoms with van der Waals surface area (Å²) < 4.78 is 16.9. The van der Waals surface area contributed by atoms with Crippen molar-refractivity contribution in [3.05, 3.63) is 60.8 Å². The molecule has 406 valence electrons. The second kappa shape index (κ2) is 58.7. The van der Waals surface area contributed by atoms with Crippen molar-refractivity contribution in [2.24, 2.45) is 0 Å². The second-order valence-electron chi connectivity index (χ2n) is 20.2. The van der Waals surface area contributed by atoms with Crippen LogP contribution < -0.4 is 0 Å². The summed E-state index contributed by atoms with van der Waals surface area (Å²) in [6.07, 6.45) is 73.6. The highest BCUT2D eigenvalue weighted by atomic mass is 16.6. The van der Waals surface area contributed by atoms with Gasteiger partial charge in [0.05, 0.1) is 0 Å². The summed E-state index contributed by atoms with van der Waals surface area (Å²) in [7, 11) is 0. The normalized spacial score (nSPS) is 12.4. The third-order valence-corrected chi connectivity index (χ3v) is 13.2. The van der Waals surface area contributed by atoms with Crippen molar-refractivity contribution in [3.8, 4) is 0 Å². The summed E-state index contributed by atoms with van der Waals surface area (Å²) in [6, 6.07) is 0. The average molecular weight is 980 g/mol. The molecular weight excluding hydrogens is 865 g/mol. The molecule has 70 heavy (non-hydrogen) atoms. The summed E-state index contributed by atoms with van der Waals surface area (Å²) in [5.74, 6) is -0.894. The molecule has 0 saturated carbocycles. The summed E-state index contributed by atoms with van der Waals surface area (Å²) >= 11 is 0. The maximum atomic E-state index is 12.8. The van der Waals surface area contributed by atoms with Gasteiger partial charge in [-0.15, -0.1) is 0 Å². The molecule has 6 nitrogen and oxygen atoms in total. The number of carbonyl (C=O) groups excluding carboxylic acids is 3. The third-order valence-electron chi connectivity index (χ3n) is 13.2. The van der Waals surface area contributed by atoms with Gasteiger partial charge in [-0.25, -0.2) is 0 Å². The maximum Gasteiger partial charge on any atom is 0.306 e. The van der Waals surface area contributed by atoms with Crippen LogP contribution in [-0.2, 0) is 28.6 Å². The van der Waals surface area contributed by atoms with Crippen LogP contribution in [0.15, 0.2) is 60.8 Å². The van der Waals surface area contributed by atoms with Crippen molar-refractivity contribution in [1.82, 2.24) is 0 Å². The van der Waals surface area contributed by atoms with Crippen LogP contribution in [0, 0.1) is 0 Å². The highest BCUT2D eigenvalue weighted by molar-refractivity contribution is 5.71. The molecule has 0 spiro atoms. The summed E-state index contributed by atoms with van der Waals surface area (Å²) in [4.78, 5) is 38.2. The van der Waals surface area contributed by atoms with Gasteiger partial charge in [-0.1, -0.05) is 248 Å². The topological polar surface area (TPSA) is 78.9 Å². The highest BCUT2D eigenvalue weighted by Crippen LogP contribution is 2.16. The van der Waals surface area contributed by atoms with Crippen LogP contribution in [0.2, 0.25) is 0 Å². The molecule has 0 fully saturated rings. The standard InChI is InChI=1S/C64H114O6/c1-4-7-10-13-16-19-22-25-27-28-29-30-31-32-33-34-35-36-37-40-42-45-48-51-54-57-63(66)69-60-61(59-68-62(65)56-53-50-47-44-41-38-24-21-18-15-12-9-6-3)70-64(67)58-55-52-49-46-43-39-26-23-20-17-14-11-8-5-2/h14,17,21-26,28-29,61H,4-13,15-16,18-20,27,30-60H2,1-3H3/b17-14-,24-21-,25-22-,26-23-,29-28-. The van der Waals surface area contributed by atoms with Crippen molar-refractivity contribution >= 4 is 17.9 Å². The zero-order chi connectivity index (χ0) is 50.7. The van der Waals surface area contributed by atoms with Gasteiger partial charge >= 0.3 is 17.9 Å². The van der Waals surface area contributed by atoms with Crippen molar-refractivity contribution in [2.75, 3.05) is 13.2 Å². The van der Waals surface area contributed by atoms with Crippen molar-refractivity contribution < 1.29 is 28.6 Å². The van der Waals surface area contributed by atoms with Crippen LogP contribution in [0.25, 0.3) is 0 Å². The Hall–Kier alpha value is -2.89. The number of ether oxygens (including phenoxy) is 3. The minimum Gasteiger partial charge on any atom is -0.462 e. The smallest absolute Gasteiger partial charge is 0.306 e. The maximum absolute atomic E-state index is 12.8. The molecule has 0 rings (SSSR count). The van der Waals surface area contributed by atoms with Gasteiger partial charge in [0.25, 0.3) is 0 Å². The Morgan fingerprint density at radius 2 is 0.529 bits per heavy atom. The van der Waals surface area contributed by atoms with E-state index in [1.54, 1.807) is 0 Å². The highest BCUT2D eigenvalue weighted by Gasteiger charge is 2.19. The Morgan fingerprint density at radius 3 is 0.857 bits per heavy atom. The Morgan fingerprint density at radius 1 is 0.286 bits per heavy atom. The van der Waals surface area contributed by atoms with E-state index in [0.717, 1.165) is 96.3 Å². The van der Waals surface area contributed by atoms with Crippen LogP contribution in [0.1, 0.15) is 310 Å². The minimum atomic E-state index is -0.784. The number of esters is 3. The molecule has 0 aliphatic heterocycles. The van der Waals surface area contributed by atoms with E-state index in [1.165, 1.54) is 173 Å². The fourth-order valence-corrected chi connectivity index (χ4v) is 8.60. The number of carbonyl (C=O) groups is 3. The van der Waals surface area contributed by atoms with Crippen LogP contribution in [0.3, 0.4) is 0 Å². The van der Waals surface area contributed by atoms with Crippen LogP contribution in [0.4, 0.5) is 0 Å². The number of unbranched alkanes of at least 4 members (excludes halogenated alkanes) is 34. The Kier molecular flexibility index (Phi) is 56.3. The van der Waals surface area contributed by atoms with Gasteiger partial charge in [-0.2, -0.15) is 0 Å². The van der Waals surface area contributed by atoms with E-state index in [2.05, 4.69) is 81.5 Å². The monoisotopic (exact) mass is 979 g/mol. The van der Waals surface area contributed by atoms with E-state index in [0.29, 0.717) is 19.3 Å². The predicted octanol–water partition coefficient (Wildman–Crippen LogP) is 20.4. The van der Waals surface area contributed by atoms with Gasteiger partial charge in [0.2, 0.25) is 0 Å². The second-order valence-corrected chi connectivity index (χ2v) is 20.2. The molecule has 0 aromatic carbocycles. The van der Waals surface area contributed by atoms with E-state index >= 15 is 0 Å². The van der Waals surface area contributed by atoms with Gasteiger partial charge in [0, 0.05) is 19.3 Å². The lowest BCUT2D eigenvalue weighted by molar-refractivity contribution is -0.167. The number of rotatable bonds is 55. The first-order valence-corrected chi connectivity index (χ1v) is 30.3. The molecule has 6 heteroatoms. The Bertz CT molecular complexity index is 1260. The lowest BCUT2D eigenvalue weighted by Crippen LogP contribution is -2.30. The molecule has 0 N–H and O–H groups in total. The lowest BCUT2D eigenvalue weighted by atomic mass is 10.0. The fraction of sp³-hybridized carbons (Fsp3) is 0.797. The van der Waals surface area contributed by atoms with E-state index in [-0.39, 0.29) is 31.1 Å². The van der Waals surface area contributed by atoms with Gasteiger partial charge in [0.1, 0.15) is 13.2 Å². The molecule has 0 aliphatic rings. The van der Waals surface area contributed by atoms with Crippen LogP contribution in [0.5, 0.6) is 0 Å². The van der Waals surface area contributed by atoms with E-state index in [4.69, 9.17) is 14.2 Å². The van der Waals surface area contributed by atoms with E-state index in [9.17, 15) is 14.4 Å². The van der Waals surface area contributed by atoms with Crippen molar-refractivity contribution in [3.63, 3.8) is 0 Å². The first-order chi connectivity index (χ1) is 34.5. The number of hydrogen-bond donors (Lipinski definition) is 0. The van der Waals surface area contributed by atoms with Gasteiger partial charge < -0.3 is 14.2 Å². The zero-order valence-electron chi connectivity index (χ0n) is 46.5. The van der Waals surface area contributed by atoms with Gasteiger partial charge in [0.15, 0.2) is 6.10 Å². The van der Waals surface area contributed by atoms with Crippen molar-refractivity contribution in [2.45, 2.75) is 316 Å². The summed E-state index contributed by atoms with van der Waals surface area (Å²) in [5.41, 5.74) is 0. The molecule has 0 heterocycles. The van der Waals surface area contributed by atoms with Gasteiger partial charge in [-0.3, -0.25) is 14.4 Å². The van der Waals surface area contributed by atoms with Gasteiger partial charge in [-0.05, 0) is 103 Å². The SMILES string of the molecule is CCCC/C=C\C/C=C\CCCCCCCC(=O)OC(COC(=O)CCCCCCC/C=C\CCCCCC)COC(=O)CCCCCCCCCCCCCCC/C=C\C/C=C\CCCCCCC. The first kappa shape index (κ1) is 67.1. The molecule has 0 aromatic rings. The Labute approximate surface area is 434 Å². The van der Waals surface area contributed by atoms with E-state index < -0.39 is 6.10 Å². The molecule has 0 amide bonds. The van der Waals surface area contributed by atoms with E-state index in [1.807, 2.05) is 0 Å². The number of allylic oxidation sites excluding steroid dienone is 10. The first-order valence-electron chi connectivity index (χ1n) is 30.3. The van der Waals surface area contributed by atoms with Crippen molar-refractivity contribution in [1.29, 1.82) is 0 Å². The molecule has 0 aliphatic carbocycles. The quantitative estimate of drug-likeness (QED) is 0.0261. The average Bonchev–Trinajstić information content (AvgIpc) is 3.36. The van der Waals surface area contributed by atoms with Crippen LogP contribution >= 0.6 is 0 Å². The molecule has 0 aromatic heterocycles. The predicted molar refractivity (Wildman–Crippen MR) is 302 cm³/mol. The minimum absolute atomic E-state index is 0.0815. The zero-order valence-corrected chi connectivity index (χ0v) is 46.5. The molecule has 0 saturated heterocycles. The van der Waals surface area contributed by atoms with Crippen LogP contribution in [-0.4, -0.2) is 37.2 Å². The molecular formula is C64H114O6. The largest absolute Gasteiger partial charge is 0.462 e. The molecule has 1 unspecified atom stereocenters. The number of hydrogen-bond acceptors (Lipinski definition) is 6. The third kappa shape index (κ3) is 56.0. The molecule has 0 radical (unpaired) electrons. The Balaban J connectivity index is 4.26. The molecule has 1 atom stereocenters. The summed E-state index contributed by atoms with van der Waals surface area (Å²) in [6.45, 7) is 6.58. The summed E-state index contributed by atoms with van der Waals surface area (Å²) in [5, 5.41) is 0. The fourth-order valence-electron chi connectivity index (χ4n) is 8.60. The lowest BCUT2D eigenvalue weighted by Gasteiger charge is -2.18.